The first-order chi connectivity index (χ1) is 18.5. The van der Waals surface area contributed by atoms with Gasteiger partial charge in [-0.1, -0.05) is 36.9 Å². The van der Waals surface area contributed by atoms with Gasteiger partial charge < -0.3 is 25.2 Å². The molecule has 38 heavy (non-hydrogen) atoms. The Kier molecular flexibility index (Phi) is 7.51. The van der Waals surface area contributed by atoms with Crippen molar-refractivity contribution < 1.29 is 9.53 Å². The summed E-state index contributed by atoms with van der Waals surface area (Å²) in [4.78, 5) is 26.1. The highest BCUT2D eigenvalue weighted by Crippen LogP contribution is 2.32. The van der Waals surface area contributed by atoms with Crippen LogP contribution in [-0.4, -0.2) is 61.1 Å². The Morgan fingerprint density at radius 3 is 2.63 bits per heavy atom. The van der Waals surface area contributed by atoms with Gasteiger partial charge in [-0.2, -0.15) is 0 Å². The van der Waals surface area contributed by atoms with Crippen LogP contribution in [0.25, 0.3) is 10.9 Å². The van der Waals surface area contributed by atoms with Crippen LogP contribution in [-0.2, 0) is 11.2 Å². The molecule has 4 aromatic rings. The smallest absolute Gasteiger partial charge is 0.247 e. The minimum Gasteiger partial charge on any atom is -0.494 e. The van der Waals surface area contributed by atoms with Crippen LogP contribution in [0, 0.1) is 0 Å². The molecule has 1 aromatic heterocycles. The van der Waals surface area contributed by atoms with Crippen molar-refractivity contribution in [2.24, 2.45) is 0 Å². The number of carbonyl (C=O) groups excluding carboxylic acids is 1. The predicted octanol–water partition coefficient (Wildman–Crippen LogP) is 4.85. The van der Waals surface area contributed by atoms with E-state index < -0.39 is 0 Å². The Labute approximate surface area is 223 Å². The zero-order valence-electron chi connectivity index (χ0n) is 21.8. The first-order valence-electron chi connectivity index (χ1n) is 12.7. The van der Waals surface area contributed by atoms with E-state index in [0.29, 0.717) is 18.1 Å². The number of aromatic nitrogens is 2. The summed E-state index contributed by atoms with van der Waals surface area (Å²) >= 11 is 0. The van der Waals surface area contributed by atoms with E-state index in [0.717, 1.165) is 65.5 Å². The first kappa shape index (κ1) is 25.2. The number of amides is 1. The summed E-state index contributed by atoms with van der Waals surface area (Å²) in [6, 6.07) is 21.9. The standard InChI is InChI=1S/C30H32N6O2/c1-4-29(37)31-22-9-7-8-21(18-22)19-27-24-10-5-6-11-25(24)32-30(34-27)33-26-13-12-23(20-28(26)38-3)36-16-14-35(2)15-17-36/h4-13,18,20H,1,14-17,19H2,2-3H3,(H,31,37)(H,32,33,34). The van der Waals surface area contributed by atoms with Gasteiger partial charge in [0.15, 0.2) is 0 Å². The molecule has 1 aliphatic rings. The molecule has 1 aliphatic heterocycles. The van der Waals surface area contributed by atoms with Gasteiger partial charge in [-0.15, -0.1) is 0 Å². The van der Waals surface area contributed by atoms with Crippen LogP contribution in [0.3, 0.4) is 0 Å². The van der Waals surface area contributed by atoms with Crippen molar-refractivity contribution in [1.82, 2.24) is 14.9 Å². The molecule has 8 nitrogen and oxygen atoms in total. The number of nitrogens with one attached hydrogen (secondary N) is 2. The maximum atomic E-state index is 11.7. The molecule has 0 unspecified atom stereocenters. The Morgan fingerprint density at radius 1 is 1.03 bits per heavy atom. The number of rotatable bonds is 8. The third-order valence-corrected chi connectivity index (χ3v) is 6.73. The Hall–Kier alpha value is -4.43. The second-order valence-corrected chi connectivity index (χ2v) is 9.38. The highest BCUT2D eigenvalue weighted by Gasteiger charge is 2.17. The van der Waals surface area contributed by atoms with E-state index in [9.17, 15) is 4.79 Å². The number of anilines is 4. The van der Waals surface area contributed by atoms with Gasteiger partial charge in [0, 0.05) is 55.4 Å². The molecule has 0 radical (unpaired) electrons. The van der Waals surface area contributed by atoms with Crippen molar-refractivity contribution in [3.05, 3.63) is 90.6 Å². The number of fused-ring (bicyclic) bond motifs is 1. The lowest BCUT2D eigenvalue weighted by atomic mass is 10.0. The zero-order valence-corrected chi connectivity index (χ0v) is 21.8. The molecule has 8 heteroatoms. The molecule has 0 bridgehead atoms. The molecule has 1 amide bonds. The number of ether oxygens (including phenoxy) is 1. The second-order valence-electron chi connectivity index (χ2n) is 9.38. The van der Waals surface area contributed by atoms with Crippen LogP contribution in [0.4, 0.5) is 23.0 Å². The van der Waals surface area contributed by atoms with Gasteiger partial charge >= 0.3 is 0 Å². The number of para-hydroxylation sites is 1. The van der Waals surface area contributed by atoms with Crippen LogP contribution < -0.4 is 20.3 Å². The lowest BCUT2D eigenvalue weighted by Gasteiger charge is -2.34. The molecule has 0 spiro atoms. The fourth-order valence-corrected chi connectivity index (χ4v) is 4.64. The van der Waals surface area contributed by atoms with Gasteiger partial charge in [0.2, 0.25) is 11.9 Å². The van der Waals surface area contributed by atoms with Gasteiger partial charge in [-0.05, 0) is 49.0 Å². The molecule has 0 saturated carbocycles. The summed E-state index contributed by atoms with van der Waals surface area (Å²) in [5.41, 5.74) is 5.43. The highest BCUT2D eigenvalue weighted by molar-refractivity contribution is 5.98. The van der Waals surface area contributed by atoms with E-state index >= 15 is 0 Å². The van der Waals surface area contributed by atoms with E-state index in [-0.39, 0.29) is 5.91 Å². The molecular weight excluding hydrogens is 476 g/mol. The lowest BCUT2D eigenvalue weighted by Crippen LogP contribution is -2.44. The van der Waals surface area contributed by atoms with Crippen LogP contribution in [0.15, 0.2) is 79.4 Å². The normalized spacial score (nSPS) is 13.8. The van der Waals surface area contributed by atoms with Crippen LogP contribution >= 0.6 is 0 Å². The van der Waals surface area contributed by atoms with Gasteiger partial charge in [-0.3, -0.25) is 4.79 Å². The molecule has 2 N–H and O–H groups in total. The second kappa shape index (κ2) is 11.3. The van der Waals surface area contributed by atoms with Crippen molar-refractivity contribution in [2.75, 3.05) is 55.9 Å². The van der Waals surface area contributed by atoms with Crippen molar-refractivity contribution in [1.29, 1.82) is 0 Å². The number of hydrogen-bond donors (Lipinski definition) is 2. The van der Waals surface area contributed by atoms with Crippen LogP contribution in [0.1, 0.15) is 11.3 Å². The van der Waals surface area contributed by atoms with Crippen molar-refractivity contribution in [2.45, 2.75) is 6.42 Å². The van der Waals surface area contributed by atoms with E-state index in [4.69, 9.17) is 14.7 Å². The summed E-state index contributed by atoms with van der Waals surface area (Å²) < 4.78 is 5.74. The SMILES string of the molecule is C=CC(=O)Nc1cccc(Cc2nc(Nc3ccc(N4CCN(C)CC4)cc3OC)nc3ccccc23)c1. The molecule has 0 atom stereocenters. The molecule has 194 valence electrons. The fourth-order valence-electron chi connectivity index (χ4n) is 4.64. The fraction of sp³-hybridized carbons (Fsp3) is 0.233. The topological polar surface area (TPSA) is 82.6 Å². The third kappa shape index (κ3) is 5.76. The average molecular weight is 509 g/mol. The van der Waals surface area contributed by atoms with E-state index in [1.54, 1.807) is 7.11 Å². The summed E-state index contributed by atoms with van der Waals surface area (Å²) in [7, 11) is 3.83. The number of hydrogen-bond acceptors (Lipinski definition) is 7. The summed E-state index contributed by atoms with van der Waals surface area (Å²) in [6.07, 6.45) is 1.84. The minimum absolute atomic E-state index is 0.242. The zero-order chi connectivity index (χ0) is 26.5. The number of benzene rings is 3. The highest BCUT2D eigenvalue weighted by atomic mass is 16.5. The number of nitrogens with zero attached hydrogens (tertiary/aromatic N) is 4. The average Bonchev–Trinajstić information content (AvgIpc) is 2.94. The molecule has 2 heterocycles. The molecule has 1 saturated heterocycles. The summed E-state index contributed by atoms with van der Waals surface area (Å²) in [6.45, 7) is 7.58. The van der Waals surface area contributed by atoms with E-state index in [2.05, 4.69) is 46.2 Å². The largest absolute Gasteiger partial charge is 0.494 e. The van der Waals surface area contributed by atoms with Gasteiger partial charge in [-0.25, -0.2) is 9.97 Å². The number of piperazine rings is 1. The van der Waals surface area contributed by atoms with Gasteiger partial charge in [0.05, 0.1) is 24.0 Å². The van der Waals surface area contributed by atoms with E-state index in [1.165, 1.54) is 6.08 Å². The molecular formula is C30H32N6O2. The van der Waals surface area contributed by atoms with Crippen molar-refractivity contribution in [3.8, 4) is 5.75 Å². The molecule has 3 aromatic carbocycles. The minimum atomic E-state index is -0.242. The summed E-state index contributed by atoms with van der Waals surface area (Å²) in [5, 5.41) is 7.18. The van der Waals surface area contributed by atoms with Crippen molar-refractivity contribution in [3.63, 3.8) is 0 Å². The number of likely N-dealkylation sites (N-methyl/N-ethyl adjacent to an activating group) is 1. The molecule has 1 fully saturated rings. The summed E-state index contributed by atoms with van der Waals surface area (Å²) in [5.74, 6) is 1.000. The quantitative estimate of drug-likeness (QED) is 0.329. The number of methoxy groups -OCH3 is 1. The Bertz CT molecular complexity index is 1460. The van der Waals surface area contributed by atoms with Crippen LogP contribution in [0.5, 0.6) is 5.75 Å². The van der Waals surface area contributed by atoms with Gasteiger partial charge in [0.25, 0.3) is 0 Å². The predicted molar refractivity (Wildman–Crippen MR) is 154 cm³/mol. The Morgan fingerprint density at radius 2 is 1.84 bits per heavy atom. The third-order valence-electron chi connectivity index (χ3n) is 6.73. The number of carbonyl (C=O) groups is 1. The first-order valence-corrected chi connectivity index (χ1v) is 12.7. The maximum absolute atomic E-state index is 11.7. The van der Waals surface area contributed by atoms with Crippen LogP contribution in [0.2, 0.25) is 0 Å². The molecule has 0 aliphatic carbocycles. The van der Waals surface area contributed by atoms with Gasteiger partial charge in [0.1, 0.15) is 5.75 Å². The lowest BCUT2D eigenvalue weighted by molar-refractivity contribution is -0.111. The monoisotopic (exact) mass is 508 g/mol. The van der Waals surface area contributed by atoms with E-state index in [1.807, 2.05) is 54.6 Å². The molecule has 5 rings (SSSR count). The van der Waals surface area contributed by atoms with Crippen molar-refractivity contribution >= 4 is 39.8 Å². The maximum Gasteiger partial charge on any atom is 0.247 e. The Balaban J connectivity index is 1.43.